The molecular weight excluding hydrogens is 270 g/mol. The summed E-state index contributed by atoms with van der Waals surface area (Å²) in [5.41, 5.74) is 3.53. The number of halogens is 1. The number of hydrogen-bond donors (Lipinski definition) is 1. The van der Waals surface area contributed by atoms with Gasteiger partial charge in [0.25, 0.3) is 0 Å². The monoisotopic (exact) mass is 291 g/mol. The molecule has 1 heterocycles. The van der Waals surface area contributed by atoms with Crippen LogP contribution in [0.2, 0.25) is 5.02 Å². The highest BCUT2D eigenvalue weighted by molar-refractivity contribution is 6.31. The summed E-state index contributed by atoms with van der Waals surface area (Å²) in [7, 11) is 1.99. The quantitative estimate of drug-likeness (QED) is 0.881. The molecule has 1 atom stereocenters. The third-order valence-corrected chi connectivity index (χ3v) is 3.98. The van der Waals surface area contributed by atoms with Crippen LogP contribution < -0.4 is 5.32 Å². The van der Waals surface area contributed by atoms with E-state index in [4.69, 9.17) is 11.6 Å². The Hall–Kier alpha value is -1.32. The fourth-order valence-electron chi connectivity index (χ4n) is 2.43. The normalized spacial score (nSPS) is 12.6. The minimum absolute atomic E-state index is 0.225. The summed E-state index contributed by atoms with van der Waals surface area (Å²) < 4.78 is 2.08. The van der Waals surface area contributed by atoms with Crippen LogP contribution in [-0.4, -0.2) is 16.8 Å². The molecule has 0 aliphatic rings. The fraction of sp³-hybridized carbons (Fsp3) is 0.438. The fourth-order valence-corrected chi connectivity index (χ4v) is 2.64. The van der Waals surface area contributed by atoms with Crippen LogP contribution in [0.4, 0.5) is 0 Å². The Morgan fingerprint density at radius 3 is 2.65 bits per heavy atom. The Balaban J connectivity index is 2.28. The molecule has 2 rings (SSSR count). The van der Waals surface area contributed by atoms with Crippen molar-refractivity contribution >= 4 is 11.6 Å². The van der Waals surface area contributed by atoms with Gasteiger partial charge < -0.3 is 5.32 Å². The molecule has 1 aromatic heterocycles. The van der Waals surface area contributed by atoms with E-state index >= 15 is 0 Å². The van der Waals surface area contributed by atoms with Crippen LogP contribution in [0.5, 0.6) is 0 Å². The maximum atomic E-state index is 6.27. The van der Waals surface area contributed by atoms with Crippen LogP contribution in [-0.2, 0) is 19.4 Å². The average Bonchev–Trinajstić information content (AvgIpc) is 2.89. The molecule has 0 spiro atoms. The summed E-state index contributed by atoms with van der Waals surface area (Å²) in [6.07, 6.45) is 1.83. The van der Waals surface area contributed by atoms with Gasteiger partial charge in [0.15, 0.2) is 0 Å². The Morgan fingerprint density at radius 2 is 2.05 bits per heavy atom. The minimum Gasteiger partial charge on any atom is -0.311 e. The van der Waals surface area contributed by atoms with Gasteiger partial charge in [0.05, 0.1) is 17.4 Å². The molecule has 0 aliphatic heterocycles. The van der Waals surface area contributed by atoms with Crippen molar-refractivity contribution in [2.75, 3.05) is 7.05 Å². The first kappa shape index (κ1) is 15.1. The molecule has 0 fully saturated rings. The number of benzene rings is 1. The second-order valence-electron chi connectivity index (χ2n) is 4.87. The van der Waals surface area contributed by atoms with Crippen molar-refractivity contribution in [3.8, 4) is 0 Å². The van der Waals surface area contributed by atoms with E-state index in [0.717, 1.165) is 35.7 Å². The zero-order valence-corrected chi connectivity index (χ0v) is 13.1. The Kier molecular flexibility index (Phi) is 5.21. The first-order valence-electron chi connectivity index (χ1n) is 7.16. The van der Waals surface area contributed by atoms with Gasteiger partial charge in [0.2, 0.25) is 0 Å². The van der Waals surface area contributed by atoms with E-state index in [1.165, 1.54) is 5.69 Å². The van der Waals surface area contributed by atoms with Gasteiger partial charge in [-0.05, 0) is 44.5 Å². The van der Waals surface area contributed by atoms with E-state index < -0.39 is 0 Å². The molecular formula is C16H22ClN3. The highest BCUT2D eigenvalue weighted by Crippen LogP contribution is 2.24. The molecule has 2 aromatic rings. The standard InChI is InChI=1S/C16H22ClN3/c1-4-13-11-16(20(5-2)19-13)15(18-3)10-12-8-6-7-9-14(12)17/h6-9,11,15,18H,4-5,10H2,1-3H3. The topological polar surface area (TPSA) is 29.9 Å². The summed E-state index contributed by atoms with van der Waals surface area (Å²) in [6.45, 7) is 5.14. The largest absolute Gasteiger partial charge is 0.311 e. The minimum atomic E-state index is 0.225. The zero-order chi connectivity index (χ0) is 14.5. The SMILES string of the molecule is CCc1cc(C(Cc2ccccc2Cl)NC)n(CC)n1. The molecule has 20 heavy (non-hydrogen) atoms. The van der Waals surface area contributed by atoms with Crippen LogP contribution in [0.1, 0.15) is 36.8 Å². The highest BCUT2D eigenvalue weighted by atomic mass is 35.5. The lowest BCUT2D eigenvalue weighted by Gasteiger charge is -2.18. The number of likely N-dealkylation sites (N-methyl/N-ethyl adjacent to an activating group) is 1. The third-order valence-electron chi connectivity index (χ3n) is 3.61. The van der Waals surface area contributed by atoms with E-state index in [1.54, 1.807) is 0 Å². The van der Waals surface area contributed by atoms with E-state index in [9.17, 15) is 0 Å². The molecule has 0 bridgehead atoms. The molecule has 0 amide bonds. The molecule has 0 saturated heterocycles. The number of nitrogens with one attached hydrogen (secondary N) is 1. The Bertz CT molecular complexity index is 563. The predicted molar refractivity (Wildman–Crippen MR) is 84.2 cm³/mol. The van der Waals surface area contributed by atoms with Crippen LogP contribution in [0, 0.1) is 0 Å². The summed E-state index contributed by atoms with van der Waals surface area (Å²) in [5, 5.41) is 8.84. The third kappa shape index (κ3) is 3.22. The van der Waals surface area contributed by atoms with Crippen molar-refractivity contribution in [3.63, 3.8) is 0 Å². The lowest BCUT2D eigenvalue weighted by atomic mass is 10.0. The first-order valence-corrected chi connectivity index (χ1v) is 7.54. The average molecular weight is 292 g/mol. The van der Waals surface area contributed by atoms with Gasteiger partial charge in [-0.1, -0.05) is 36.7 Å². The summed E-state index contributed by atoms with van der Waals surface area (Å²) in [4.78, 5) is 0. The number of rotatable bonds is 6. The van der Waals surface area contributed by atoms with Crippen LogP contribution in [0.15, 0.2) is 30.3 Å². The Morgan fingerprint density at radius 1 is 1.30 bits per heavy atom. The van der Waals surface area contributed by atoms with Crippen molar-refractivity contribution in [1.29, 1.82) is 0 Å². The second kappa shape index (κ2) is 6.91. The van der Waals surface area contributed by atoms with Gasteiger partial charge in [-0.3, -0.25) is 4.68 Å². The number of hydrogen-bond acceptors (Lipinski definition) is 2. The number of nitrogens with zero attached hydrogens (tertiary/aromatic N) is 2. The van der Waals surface area contributed by atoms with E-state index in [-0.39, 0.29) is 6.04 Å². The molecule has 0 saturated carbocycles. The van der Waals surface area contributed by atoms with E-state index in [0.29, 0.717) is 0 Å². The summed E-state index contributed by atoms with van der Waals surface area (Å²) >= 11 is 6.27. The lowest BCUT2D eigenvalue weighted by molar-refractivity contribution is 0.512. The van der Waals surface area contributed by atoms with Gasteiger partial charge in [-0.25, -0.2) is 0 Å². The number of aromatic nitrogens is 2. The summed E-state index contributed by atoms with van der Waals surface area (Å²) in [6, 6.07) is 10.4. The van der Waals surface area contributed by atoms with E-state index in [1.807, 2.05) is 25.2 Å². The van der Waals surface area contributed by atoms with Gasteiger partial charge in [0, 0.05) is 11.6 Å². The molecule has 1 N–H and O–H groups in total. The molecule has 0 aliphatic carbocycles. The zero-order valence-electron chi connectivity index (χ0n) is 12.4. The predicted octanol–water partition coefficient (Wildman–Crippen LogP) is 3.62. The van der Waals surface area contributed by atoms with Crippen LogP contribution >= 0.6 is 11.6 Å². The molecule has 0 radical (unpaired) electrons. The van der Waals surface area contributed by atoms with Gasteiger partial charge in [0.1, 0.15) is 0 Å². The van der Waals surface area contributed by atoms with E-state index in [2.05, 4.69) is 41.1 Å². The van der Waals surface area contributed by atoms with Crippen LogP contribution in [0.25, 0.3) is 0 Å². The van der Waals surface area contributed by atoms with Crippen molar-refractivity contribution in [3.05, 3.63) is 52.3 Å². The summed E-state index contributed by atoms with van der Waals surface area (Å²) in [5.74, 6) is 0. The van der Waals surface area contributed by atoms with Gasteiger partial charge in [-0.15, -0.1) is 0 Å². The second-order valence-corrected chi connectivity index (χ2v) is 5.27. The molecule has 108 valence electrons. The van der Waals surface area contributed by atoms with Crippen molar-refractivity contribution < 1.29 is 0 Å². The maximum absolute atomic E-state index is 6.27. The lowest BCUT2D eigenvalue weighted by Crippen LogP contribution is -2.22. The molecule has 1 aromatic carbocycles. The number of aryl methyl sites for hydroxylation is 2. The molecule has 4 heteroatoms. The van der Waals surface area contributed by atoms with Crippen LogP contribution in [0.3, 0.4) is 0 Å². The van der Waals surface area contributed by atoms with Crippen molar-refractivity contribution in [2.45, 2.75) is 39.3 Å². The van der Waals surface area contributed by atoms with Gasteiger partial charge in [-0.2, -0.15) is 5.10 Å². The highest BCUT2D eigenvalue weighted by Gasteiger charge is 2.17. The molecule has 1 unspecified atom stereocenters. The Labute approximate surface area is 126 Å². The first-order chi connectivity index (χ1) is 9.69. The van der Waals surface area contributed by atoms with Gasteiger partial charge >= 0.3 is 0 Å². The molecule has 3 nitrogen and oxygen atoms in total. The maximum Gasteiger partial charge on any atom is 0.0625 e. The van der Waals surface area contributed by atoms with Crippen molar-refractivity contribution in [1.82, 2.24) is 15.1 Å². The smallest absolute Gasteiger partial charge is 0.0625 e. The van der Waals surface area contributed by atoms with Crippen molar-refractivity contribution in [2.24, 2.45) is 0 Å².